The number of amides is 2. The van der Waals surface area contributed by atoms with Crippen LogP contribution in [-0.4, -0.2) is 34.2 Å². The normalized spacial score (nSPS) is 12.2. The Kier molecular flexibility index (Phi) is 5.35. The number of hydrogen-bond acceptors (Lipinski definition) is 3. The number of aromatic nitrogens is 2. The highest BCUT2D eigenvalue weighted by Gasteiger charge is 2.18. The zero-order valence-electron chi connectivity index (χ0n) is 11.0. The van der Waals surface area contributed by atoms with Crippen molar-refractivity contribution in [2.24, 2.45) is 0 Å². The zero-order chi connectivity index (χ0) is 13.5. The molecular formula is C12H20N4O2. The molecule has 0 saturated carbocycles. The highest BCUT2D eigenvalue weighted by molar-refractivity contribution is 5.86. The van der Waals surface area contributed by atoms with Crippen LogP contribution in [0.25, 0.3) is 0 Å². The Bertz CT molecular complexity index is 387. The molecule has 0 spiro atoms. The monoisotopic (exact) mass is 252 g/mol. The van der Waals surface area contributed by atoms with Crippen LogP contribution in [0.4, 0.5) is 0 Å². The van der Waals surface area contributed by atoms with Gasteiger partial charge in [-0.2, -0.15) is 5.10 Å². The van der Waals surface area contributed by atoms with Crippen molar-refractivity contribution < 1.29 is 9.59 Å². The third-order valence-electron chi connectivity index (χ3n) is 2.41. The van der Waals surface area contributed by atoms with Gasteiger partial charge in [-0.3, -0.25) is 14.3 Å². The fourth-order valence-electron chi connectivity index (χ4n) is 1.62. The third-order valence-corrected chi connectivity index (χ3v) is 2.41. The van der Waals surface area contributed by atoms with Crippen LogP contribution >= 0.6 is 0 Å². The van der Waals surface area contributed by atoms with Gasteiger partial charge >= 0.3 is 0 Å². The maximum Gasteiger partial charge on any atom is 0.245 e. The van der Waals surface area contributed by atoms with Crippen molar-refractivity contribution in [1.29, 1.82) is 0 Å². The van der Waals surface area contributed by atoms with Crippen LogP contribution in [0.3, 0.4) is 0 Å². The van der Waals surface area contributed by atoms with Gasteiger partial charge in [-0.1, -0.05) is 6.92 Å². The van der Waals surface area contributed by atoms with Crippen molar-refractivity contribution in [2.75, 3.05) is 6.54 Å². The molecule has 0 fully saturated rings. The molecule has 0 saturated heterocycles. The molecule has 6 heteroatoms. The van der Waals surface area contributed by atoms with Crippen molar-refractivity contribution in [1.82, 2.24) is 20.4 Å². The summed E-state index contributed by atoms with van der Waals surface area (Å²) in [5, 5.41) is 9.37. The molecule has 2 amide bonds. The van der Waals surface area contributed by atoms with Crippen molar-refractivity contribution >= 4 is 11.8 Å². The van der Waals surface area contributed by atoms with E-state index in [1.807, 2.05) is 20.8 Å². The molecule has 18 heavy (non-hydrogen) atoms. The van der Waals surface area contributed by atoms with Crippen LogP contribution in [0.15, 0.2) is 18.5 Å². The maximum absolute atomic E-state index is 11.9. The number of carbonyl (C=O) groups excluding carboxylic acids is 2. The van der Waals surface area contributed by atoms with Gasteiger partial charge in [0.15, 0.2) is 0 Å². The number of rotatable bonds is 6. The van der Waals surface area contributed by atoms with E-state index in [1.54, 1.807) is 23.1 Å². The minimum absolute atomic E-state index is 0.00518. The lowest BCUT2D eigenvalue weighted by Gasteiger charge is -2.15. The topological polar surface area (TPSA) is 76.0 Å². The Labute approximate surface area is 107 Å². The van der Waals surface area contributed by atoms with E-state index in [-0.39, 0.29) is 30.4 Å². The second-order valence-electron chi connectivity index (χ2n) is 4.35. The second kappa shape index (κ2) is 6.78. The van der Waals surface area contributed by atoms with Crippen LogP contribution < -0.4 is 10.6 Å². The lowest BCUT2D eigenvalue weighted by atomic mass is 10.2. The largest absolute Gasteiger partial charge is 0.352 e. The summed E-state index contributed by atoms with van der Waals surface area (Å²) >= 11 is 0. The van der Waals surface area contributed by atoms with Crippen LogP contribution in [-0.2, 0) is 9.59 Å². The fraction of sp³-hybridized carbons (Fsp3) is 0.583. The molecule has 6 nitrogen and oxygen atoms in total. The molecule has 100 valence electrons. The molecule has 0 unspecified atom stereocenters. The van der Waals surface area contributed by atoms with Crippen molar-refractivity contribution in [2.45, 2.75) is 39.3 Å². The molecule has 0 aliphatic rings. The summed E-state index contributed by atoms with van der Waals surface area (Å²) in [6.45, 7) is 5.64. The summed E-state index contributed by atoms with van der Waals surface area (Å²) in [7, 11) is 0. The van der Waals surface area contributed by atoms with Crippen LogP contribution in [0, 0.1) is 0 Å². The van der Waals surface area contributed by atoms with Crippen molar-refractivity contribution in [3.05, 3.63) is 18.5 Å². The van der Waals surface area contributed by atoms with Gasteiger partial charge < -0.3 is 10.6 Å². The van der Waals surface area contributed by atoms with Gasteiger partial charge in [0.1, 0.15) is 6.04 Å². The van der Waals surface area contributed by atoms with Crippen molar-refractivity contribution in [3.8, 4) is 0 Å². The first-order valence-corrected chi connectivity index (χ1v) is 6.10. The van der Waals surface area contributed by atoms with Gasteiger partial charge in [0.05, 0.1) is 6.54 Å². The number of nitrogens with zero attached hydrogens (tertiary/aromatic N) is 2. The van der Waals surface area contributed by atoms with E-state index in [9.17, 15) is 9.59 Å². The SMILES string of the molecule is CC[C@@H](C(=O)NCC(=O)NC(C)C)n1cccn1. The first-order valence-electron chi connectivity index (χ1n) is 6.10. The van der Waals surface area contributed by atoms with Gasteiger partial charge in [0.2, 0.25) is 11.8 Å². The van der Waals surface area contributed by atoms with E-state index in [0.29, 0.717) is 6.42 Å². The Balaban J connectivity index is 2.46. The maximum atomic E-state index is 11.9. The predicted molar refractivity (Wildman–Crippen MR) is 67.8 cm³/mol. The van der Waals surface area contributed by atoms with E-state index >= 15 is 0 Å². The molecule has 1 heterocycles. The molecule has 0 aliphatic heterocycles. The molecule has 1 atom stereocenters. The molecule has 2 N–H and O–H groups in total. The first kappa shape index (κ1) is 14.2. The van der Waals surface area contributed by atoms with Crippen LogP contribution in [0.2, 0.25) is 0 Å². The molecule has 0 aromatic carbocycles. The van der Waals surface area contributed by atoms with Crippen LogP contribution in [0.1, 0.15) is 33.2 Å². The zero-order valence-corrected chi connectivity index (χ0v) is 11.0. The second-order valence-corrected chi connectivity index (χ2v) is 4.35. The minimum atomic E-state index is -0.369. The molecule has 0 bridgehead atoms. The third kappa shape index (κ3) is 4.20. The number of hydrogen-bond donors (Lipinski definition) is 2. The summed E-state index contributed by atoms with van der Waals surface area (Å²) in [4.78, 5) is 23.3. The van der Waals surface area contributed by atoms with Gasteiger partial charge in [-0.25, -0.2) is 0 Å². The lowest BCUT2D eigenvalue weighted by molar-refractivity contribution is -0.128. The number of carbonyl (C=O) groups is 2. The molecule has 1 rings (SSSR count). The number of nitrogens with one attached hydrogen (secondary N) is 2. The highest BCUT2D eigenvalue weighted by Crippen LogP contribution is 2.08. The Hall–Kier alpha value is -1.85. The van der Waals surface area contributed by atoms with E-state index in [2.05, 4.69) is 15.7 Å². The predicted octanol–water partition coefficient (Wildman–Crippen LogP) is 0.475. The molecule has 1 aromatic rings. The average molecular weight is 252 g/mol. The first-order chi connectivity index (χ1) is 8.54. The quantitative estimate of drug-likeness (QED) is 0.773. The van der Waals surface area contributed by atoms with Gasteiger partial charge in [-0.15, -0.1) is 0 Å². The van der Waals surface area contributed by atoms with E-state index in [4.69, 9.17) is 0 Å². The summed E-state index contributed by atoms with van der Waals surface area (Å²) in [6.07, 6.45) is 3.99. The Morgan fingerprint density at radius 3 is 2.61 bits per heavy atom. The van der Waals surface area contributed by atoms with Gasteiger partial charge in [0, 0.05) is 18.4 Å². The summed E-state index contributed by atoms with van der Waals surface area (Å²) in [5.74, 6) is -0.381. The van der Waals surface area contributed by atoms with E-state index < -0.39 is 0 Å². The Morgan fingerprint density at radius 1 is 1.39 bits per heavy atom. The van der Waals surface area contributed by atoms with E-state index in [1.165, 1.54) is 0 Å². The minimum Gasteiger partial charge on any atom is -0.352 e. The molecule has 0 aliphatic carbocycles. The fourth-order valence-corrected chi connectivity index (χ4v) is 1.62. The summed E-state index contributed by atoms with van der Waals surface area (Å²) < 4.78 is 1.59. The summed E-state index contributed by atoms with van der Waals surface area (Å²) in [5.41, 5.74) is 0. The molecular weight excluding hydrogens is 232 g/mol. The van der Waals surface area contributed by atoms with Gasteiger partial charge in [-0.05, 0) is 26.3 Å². The molecule has 1 aromatic heterocycles. The summed E-state index contributed by atoms with van der Waals surface area (Å²) in [6, 6.07) is 1.47. The van der Waals surface area contributed by atoms with E-state index in [0.717, 1.165) is 0 Å². The van der Waals surface area contributed by atoms with Crippen LogP contribution in [0.5, 0.6) is 0 Å². The standard InChI is InChI=1S/C12H20N4O2/c1-4-10(16-7-5-6-14-16)12(18)13-8-11(17)15-9(2)3/h5-7,9-10H,4,8H2,1-3H3,(H,13,18)(H,15,17)/t10-/m0/s1. The van der Waals surface area contributed by atoms with Crippen molar-refractivity contribution in [3.63, 3.8) is 0 Å². The Morgan fingerprint density at radius 2 is 2.11 bits per heavy atom. The molecule has 0 radical (unpaired) electrons. The lowest BCUT2D eigenvalue weighted by Crippen LogP contribution is -2.42. The smallest absolute Gasteiger partial charge is 0.245 e. The highest BCUT2D eigenvalue weighted by atomic mass is 16.2. The average Bonchev–Trinajstić information content (AvgIpc) is 2.80. The van der Waals surface area contributed by atoms with Gasteiger partial charge in [0.25, 0.3) is 0 Å².